The lowest BCUT2D eigenvalue weighted by molar-refractivity contribution is -0.138. The van der Waals surface area contributed by atoms with Gasteiger partial charge in [0.25, 0.3) is 5.91 Å². The third kappa shape index (κ3) is 7.45. The van der Waals surface area contributed by atoms with Crippen LogP contribution in [0.3, 0.4) is 0 Å². The van der Waals surface area contributed by atoms with Crippen molar-refractivity contribution in [2.75, 3.05) is 34.4 Å². The largest absolute Gasteiger partial charge is 0.493 e. The van der Waals surface area contributed by atoms with Gasteiger partial charge >= 0.3 is 6.18 Å². The standard InChI is InChI=1S/C27H30F3N3O3/c1-32(2)14-7-15-36-25-16-20(11-12-24(25)35-3)18-33(19-21-8-6-13-31-17-21)26(34)22-9-4-5-10-23(22)27(28,29)30/h4-6,8-13,16-17H,7,14-15,18-19H2,1-3H3. The summed E-state index contributed by atoms with van der Waals surface area (Å²) in [5.74, 6) is 0.324. The molecule has 0 aliphatic carbocycles. The van der Waals surface area contributed by atoms with Crippen LogP contribution in [0.4, 0.5) is 13.2 Å². The maximum atomic E-state index is 13.6. The van der Waals surface area contributed by atoms with Crippen molar-refractivity contribution < 1.29 is 27.4 Å². The fourth-order valence-electron chi connectivity index (χ4n) is 3.71. The van der Waals surface area contributed by atoms with Crippen molar-refractivity contribution >= 4 is 5.91 Å². The molecule has 0 saturated carbocycles. The van der Waals surface area contributed by atoms with Crippen molar-refractivity contribution in [3.8, 4) is 11.5 Å². The molecule has 6 nitrogen and oxygen atoms in total. The Hall–Kier alpha value is -3.59. The van der Waals surface area contributed by atoms with Crippen LogP contribution in [-0.4, -0.2) is 55.0 Å². The van der Waals surface area contributed by atoms with Crippen LogP contribution in [0.5, 0.6) is 11.5 Å². The van der Waals surface area contributed by atoms with E-state index in [1.165, 1.54) is 30.2 Å². The third-order valence-corrected chi connectivity index (χ3v) is 5.46. The highest BCUT2D eigenvalue weighted by Gasteiger charge is 2.36. The van der Waals surface area contributed by atoms with Gasteiger partial charge in [-0.1, -0.05) is 24.3 Å². The van der Waals surface area contributed by atoms with Gasteiger partial charge in [0.05, 0.1) is 24.8 Å². The number of benzene rings is 2. The van der Waals surface area contributed by atoms with Crippen molar-refractivity contribution in [1.82, 2.24) is 14.8 Å². The molecular weight excluding hydrogens is 471 g/mol. The van der Waals surface area contributed by atoms with E-state index in [-0.39, 0.29) is 13.1 Å². The average Bonchev–Trinajstić information content (AvgIpc) is 2.86. The van der Waals surface area contributed by atoms with Crippen LogP contribution < -0.4 is 9.47 Å². The van der Waals surface area contributed by atoms with Crippen LogP contribution in [0.1, 0.15) is 33.5 Å². The van der Waals surface area contributed by atoms with Gasteiger partial charge in [0.15, 0.2) is 11.5 Å². The average molecular weight is 502 g/mol. The number of ether oxygens (including phenoxy) is 2. The number of nitrogens with zero attached hydrogens (tertiary/aromatic N) is 3. The number of carbonyl (C=O) groups is 1. The number of carbonyl (C=O) groups excluding carboxylic acids is 1. The Bertz CT molecular complexity index is 1140. The molecule has 1 amide bonds. The van der Waals surface area contributed by atoms with Crippen LogP contribution in [-0.2, 0) is 19.3 Å². The van der Waals surface area contributed by atoms with Gasteiger partial charge in [0.2, 0.25) is 0 Å². The molecule has 0 atom stereocenters. The van der Waals surface area contributed by atoms with Crippen molar-refractivity contribution in [3.63, 3.8) is 0 Å². The van der Waals surface area contributed by atoms with Crippen LogP contribution in [0.15, 0.2) is 67.0 Å². The quantitative estimate of drug-likeness (QED) is 0.335. The van der Waals surface area contributed by atoms with Crippen molar-refractivity contribution in [1.29, 1.82) is 0 Å². The number of amides is 1. The maximum Gasteiger partial charge on any atom is 0.417 e. The number of pyridine rings is 1. The van der Waals surface area contributed by atoms with Crippen LogP contribution >= 0.6 is 0 Å². The molecule has 0 aliphatic rings. The van der Waals surface area contributed by atoms with E-state index in [4.69, 9.17) is 9.47 Å². The molecule has 0 aliphatic heterocycles. The maximum absolute atomic E-state index is 13.6. The zero-order valence-electron chi connectivity index (χ0n) is 20.6. The number of hydrogen-bond donors (Lipinski definition) is 0. The second-order valence-electron chi connectivity index (χ2n) is 8.56. The van der Waals surface area contributed by atoms with Gasteiger partial charge in [-0.15, -0.1) is 0 Å². The monoisotopic (exact) mass is 501 g/mol. The lowest BCUT2D eigenvalue weighted by Gasteiger charge is -2.25. The highest BCUT2D eigenvalue weighted by Crippen LogP contribution is 2.33. The summed E-state index contributed by atoms with van der Waals surface area (Å²) in [5.41, 5.74) is 0.0255. The molecular formula is C27H30F3N3O3. The van der Waals surface area contributed by atoms with Gasteiger partial charge in [-0.05, 0) is 62.0 Å². The molecule has 1 aromatic heterocycles. The smallest absolute Gasteiger partial charge is 0.417 e. The van der Waals surface area contributed by atoms with Crippen molar-refractivity contribution in [2.45, 2.75) is 25.7 Å². The Balaban J connectivity index is 1.90. The summed E-state index contributed by atoms with van der Waals surface area (Å²) in [6, 6.07) is 13.6. The fraction of sp³-hybridized carbons (Fsp3) is 0.333. The molecule has 0 N–H and O–H groups in total. The molecule has 0 radical (unpaired) electrons. The molecule has 9 heteroatoms. The summed E-state index contributed by atoms with van der Waals surface area (Å²) >= 11 is 0. The predicted molar refractivity (Wildman–Crippen MR) is 131 cm³/mol. The Labute approximate surface area is 209 Å². The number of aromatic nitrogens is 1. The van der Waals surface area contributed by atoms with Crippen LogP contribution in [0.2, 0.25) is 0 Å². The molecule has 0 bridgehead atoms. The Morgan fingerprint density at radius 2 is 1.72 bits per heavy atom. The highest BCUT2D eigenvalue weighted by molar-refractivity contribution is 5.95. The van der Waals surface area contributed by atoms with E-state index in [0.717, 1.165) is 19.0 Å². The van der Waals surface area contributed by atoms with E-state index < -0.39 is 23.2 Å². The second-order valence-corrected chi connectivity index (χ2v) is 8.56. The van der Waals surface area contributed by atoms with E-state index in [9.17, 15) is 18.0 Å². The summed E-state index contributed by atoms with van der Waals surface area (Å²) in [6.07, 6.45) is -0.665. The SMILES string of the molecule is COc1ccc(CN(Cc2cccnc2)C(=O)c2ccccc2C(F)(F)F)cc1OCCCN(C)C. The molecule has 0 saturated heterocycles. The van der Waals surface area contributed by atoms with Gasteiger partial charge in [-0.25, -0.2) is 0 Å². The van der Waals surface area contributed by atoms with Crippen LogP contribution in [0, 0.1) is 0 Å². The Morgan fingerprint density at radius 1 is 0.972 bits per heavy atom. The first-order valence-corrected chi connectivity index (χ1v) is 11.5. The molecule has 3 rings (SSSR count). The first-order chi connectivity index (χ1) is 17.2. The van der Waals surface area contributed by atoms with E-state index >= 15 is 0 Å². The topological polar surface area (TPSA) is 54.9 Å². The molecule has 2 aromatic carbocycles. The Morgan fingerprint density at radius 3 is 2.39 bits per heavy atom. The molecule has 36 heavy (non-hydrogen) atoms. The fourth-order valence-corrected chi connectivity index (χ4v) is 3.71. The van der Waals surface area contributed by atoms with E-state index in [0.29, 0.717) is 29.2 Å². The zero-order valence-corrected chi connectivity index (χ0v) is 20.6. The van der Waals surface area contributed by atoms with Gasteiger partial charge in [-0.3, -0.25) is 9.78 Å². The molecule has 0 fully saturated rings. The first-order valence-electron chi connectivity index (χ1n) is 11.5. The first kappa shape index (κ1) is 27.0. The second kappa shape index (κ2) is 12.4. The number of halogens is 3. The summed E-state index contributed by atoms with van der Waals surface area (Å²) < 4.78 is 52.3. The number of methoxy groups -OCH3 is 1. The number of rotatable bonds is 11. The van der Waals surface area contributed by atoms with Gasteiger partial charge in [-0.2, -0.15) is 13.2 Å². The van der Waals surface area contributed by atoms with Gasteiger partial charge in [0.1, 0.15) is 0 Å². The third-order valence-electron chi connectivity index (χ3n) is 5.46. The summed E-state index contributed by atoms with van der Waals surface area (Å²) in [5, 5.41) is 0. The van der Waals surface area contributed by atoms with E-state index in [1.807, 2.05) is 14.1 Å². The summed E-state index contributed by atoms with van der Waals surface area (Å²) in [4.78, 5) is 20.9. The Kier molecular flexibility index (Phi) is 9.30. The molecule has 1 heterocycles. The molecule has 192 valence electrons. The lowest BCUT2D eigenvalue weighted by Crippen LogP contribution is -2.32. The van der Waals surface area contributed by atoms with Crippen LogP contribution in [0.25, 0.3) is 0 Å². The minimum Gasteiger partial charge on any atom is -0.493 e. The van der Waals surface area contributed by atoms with Gasteiger partial charge in [0, 0.05) is 32.0 Å². The van der Waals surface area contributed by atoms with Crippen molar-refractivity contribution in [3.05, 3.63) is 89.2 Å². The zero-order chi connectivity index (χ0) is 26.1. The predicted octanol–water partition coefficient (Wildman–Crippen LogP) is 5.28. The summed E-state index contributed by atoms with van der Waals surface area (Å²) in [7, 11) is 5.49. The summed E-state index contributed by atoms with van der Waals surface area (Å²) in [6.45, 7) is 1.48. The van der Waals surface area contributed by atoms with Crippen molar-refractivity contribution in [2.24, 2.45) is 0 Å². The highest BCUT2D eigenvalue weighted by atomic mass is 19.4. The molecule has 0 unspecified atom stereocenters. The lowest BCUT2D eigenvalue weighted by atomic mass is 10.0. The minimum atomic E-state index is -4.65. The number of hydrogen-bond acceptors (Lipinski definition) is 5. The molecule has 3 aromatic rings. The minimum absolute atomic E-state index is 0.0674. The normalized spacial score (nSPS) is 11.4. The number of alkyl halides is 3. The van der Waals surface area contributed by atoms with E-state index in [2.05, 4.69) is 9.88 Å². The van der Waals surface area contributed by atoms with E-state index in [1.54, 1.807) is 42.7 Å². The molecule has 0 spiro atoms. The van der Waals surface area contributed by atoms with Gasteiger partial charge < -0.3 is 19.3 Å².